The Labute approximate surface area is 200 Å². The Morgan fingerprint density at radius 1 is 1.00 bits per heavy atom. The van der Waals surface area contributed by atoms with E-state index in [-0.39, 0.29) is 17.9 Å². The van der Waals surface area contributed by atoms with Gasteiger partial charge in [0.25, 0.3) is 5.91 Å². The molecule has 1 amide bonds. The van der Waals surface area contributed by atoms with Crippen LogP contribution in [0.2, 0.25) is 0 Å². The zero-order chi connectivity index (χ0) is 26.8. The topological polar surface area (TPSA) is 93.5 Å². The molecule has 192 valence electrons. The van der Waals surface area contributed by atoms with Crippen molar-refractivity contribution in [2.45, 2.75) is 25.2 Å². The van der Waals surface area contributed by atoms with Crippen molar-refractivity contribution >= 4 is 11.9 Å². The van der Waals surface area contributed by atoms with Gasteiger partial charge < -0.3 is 15.2 Å². The van der Waals surface area contributed by atoms with Gasteiger partial charge in [-0.1, -0.05) is 19.1 Å². The molecule has 0 spiro atoms. The number of hydrogen-bond donors (Lipinski definition) is 2. The first-order chi connectivity index (χ1) is 16.7. The Balaban J connectivity index is 1.85. The monoisotopic (exact) mass is 515 g/mol. The molecule has 1 atom stereocenters. The number of carbonyl (C=O) groups excluding carboxylic acids is 1. The molecule has 0 aliphatic heterocycles. The van der Waals surface area contributed by atoms with Crippen molar-refractivity contribution < 1.29 is 45.8 Å². The van der Waals surface area contributed by atoms with Gasteiger partial charge in [-0.15, -0.1) is 0 Å². The number of carboxylic acid groups (broad SMARTS) is 1. The third-order valence-electron chi connectivity index (χ3n) is 5.18. The second-order valence-electron chi connectivity index (χ2n) is 7.81. The maximum atomic E-state index is 13.6. The first-order valence-corrected chi connectivity index (χ1v) is 10.3. The van der Waals surface area contributed by atoms with E-state index in [1.54, 1.807) is 6.92 Å². The Kier molecular flexibility index (Phi) is 7.32. The van der Waals surface area contributed by atoms with Gasteiger partial charge in [-0.05, 0) is 47.9 Å². The van der Waals surface area contributed by atoms with Crippen molar-refractivity contribution in [2.24, 2.45) is 7.05 Å². The zero-order valence-corrected chi connectivity index (χ0v) is 18.7. The largest absolute Gasteiger partial charge is 0.478 e. The number of halogens is 6. The van der Waals surface area contributed by atoms with Crippen LogP contribution in [-0.4, -0.2) is 33.3 Å². The number of amides is 1. The minimum absolute atomic E-state index is 0.0465. The van der Waals surface area contributed by atoms with E-state index >= 15 is 0 Å². The molecule has 0 fully saturated rings. The van der Waals surface area contributed by atoms with Gasteiger partial charge in [0, 0.05) is 13.6 Å². The van der Waals surface area contributed by atoms with Crippen molar-refractivity contribution in [2.75, 3.05) is 6.54 Å². The van der Waals surface area contributed by atoms with Crippen LogP contribution in [-0.2, 0) is 19.4 Å². The maximum absolute atomic E-state index is 13.6. The van der Waals surface area contributed by atoms with Crippen LogP contribution in [0.25, 0.3) is 0 Å². The molecule has 7 nitrogen and oxygen atoms in total. The highest BCUT2D eigenvalue weighted by Crippen LogP contribution is 2.38. The van der Waals surface area contributed by atoms with E-state index in [4.69, 9.17) is 9.84 Å². The summed E-state index contributed by atoms with van der Waals surface area (Å²) in [6, 6.07) is 8.95. The van der Waals surface area contributed by atoms with E-state index in [0.29, 0.717) is 22.4 Å². The maximum Gasteiger partial charge on any atom is 0.436 e. The average Bonchev–Trinajstić information content (AvgIpc) is 3.13. The van der Waals surface area contributed by atoms with Gasteiger partial charge >= 0.3 is 18.3 Å². The molecule has 2 aromatic carbocycles. The molecule has 0 unspecified atom stereocenters. The summed E-state index contributed by atoms with van der Waals surface area (Å²) in [5.41, 5.74) is -2.77. The minimum Gasteiger partial charge on any atom is -0.478 e. The summed E-state index contributed by atoms with van der Waals surface area (Å²) in [6.45, 7) is 1.56. The third kappa shape index (κ3) is 5.96. The van der Waals surface area contributed by atoms with Crippen molar-refractivity contribution in [3.8, 4) is 11.6 Å². The highest BCUT2D eigenvalue weighted by atomic mass is 19.4. The molecule has 0 radical (unpaired) electrons. The molecular formula is C23H19F6N3O4. The number of nitrogens with zero attached hydrogens (tertiary/aromatic N) is 2. The summed E-state index contributed by atoms with van der Waals surface area (Å²) < 4.78 is 85.2. The fraction of sp³-hybridized carbons (Fsp3) is 0.261. The zero-order valence-electron chi connectivity index (χ0n) is 18.7. The number of carboxylic acids is 1. The first kappa shape index (κ1) is 26.6. The summed E-state index contributed by atoms with van der Waals surface area (Å²) in [5.74, 6) is -3.54. The molecule has 2 N–H and O–H groups in total. The fourth-order valence-electron chi connectivity index (χ4n) is 3.26. The van der Waals surface area contributed by atoms with Crippen LogP contribution in [0.4, 0.5) is 26.3 Å². The van der Waals surface area contributed by atoms with Crippen LogP contribution in [0.15, 0.2) is 48.5 Å². The summed E-state index contributed by atoms with van der Waals surface area (Å²) in [6.07, 6.45) is -9.64. The molecule has 3 aromatic rings. The number of alkyl halides is 6. The van der Waals surface area contributed by atoms with Crippen LogP contribution in [0.3, 0.4) is 0 Å². The van der Waals surface area contributed by atoms with Crippen molar-refractivity contribution in [3.63, 3.8) is 0 Å². The predicted octanol–water partition coefficient (Wildman–Crippen LogP) is 5.48. The molecule has 0 aliphatic carbocycles. The van der Waals surface area contributed by atoms with E-state index in [9.17, 15) is 35.9 Å². The number of rotatable bonds is 7. The van der Waals surface area contributed by atoms with E-state index in [0.717, 1.165) is 19.2 Å². The van der Waals surface area contributed by atoms with E-state index < -0.39 is 52.8 Å². The van der Waals surface area contributed by atoms with Crippen molar-refractivity contribution in [1.29, 1.82) is 0 Å². The van der Waals surface area contributed by atoms with Crippen LogP contribution in [0.5, 0.6) is 11.6 Å². The molecule has 3 rings (SSSR count). The number of carbonyl (C=O) groups is 2. The number of hydrogen-bond acceptors (Lipinski definition) is 4. The number of nitrogens with one attached hydrogen (secondary N) is 1. The van der Waals surface area contributed by atoms with Crippen molar-refractivity contribution in [1.82, 2.24) is 15.1 Å². The molecule has 13 heteroatoms. The average molecular weight is 515 g/mol. The third-order valence-corrected chi connectivity index (χ3v) is 5.18. The second-order valence-corrected chi connectivity index (χ2v) is 7.81. The van der Waals surface area contributed by atoms with Gasteiger partial charge in [0.05, 0.1) is 11.1 Å². The smallest absolute Gasteiger partial charge is 0.436 e. The van der Waals surface area contributed by atoms with E-state index in [1.807, 2.05) is 0 Å². The minimum atomic E-state index is -5.02. The Morgan fingerprint density at radius 3 is 2.08 bits per heavy atom. The molecule has 1 aromatic heterocycles. The number of aromatic carboxylic acids is 1. The lowest BCUT2D eigenvalue weighted by Gasteiger charge is -2.15. The number of ether oxygens (including phenoxy) is 1. The van der Waals surface area contributed by atoms with Gasteiger partial charge in [0.2, 0.25) is 5.88 Å². The number of aromatic nitrogens is 2. The number of aryl methyl sites for hydroxylation is 1. The highest BCUT2D eigenvalue weighted by Gasteiger charge is 2.42. The van der Waals surface area contributed by atoms with Crippen LogP contribution < -0.4 is 10.1 Å². The van der Waals surface area contributed by atoms with E-state index in [1.165, 1.54) is 24.3 Å². The molecule has 0 saturated carbocycles. The van der Waals surface area contributed by atoms with Crippen LogP contribution in [0.1, 0.15) is 50.4 Å². The standard InChI is InChI=1S/C23H19F6N3O4/c1-12(13-3-5-14(6-4-13)21(34)35)11-30-19(33)17-18(23(27,28)29)31-32(2)20(17)36-16-9-7-15(8-10-16)22(24,25)26/h3-10,12H,11H2,1-2H3,(H,30,33)(H,34,35)/t12-/m1/s1. The SMILES string of the molecule is C[C@H](CNC(=O)c1c(C(F)(F)F)nn(C)c1Oc1ccc(C(F)(F)F)cc1)c1ccc(C(=O)O)cc1. The van der Waals surface area contributed by atoms with Crippen LogP contribution in [0, 0.1) is 0 Å². The Hall–Kier alpha value is -4.03. The second kappa shape index (κ2) is 9.91. The lowest BCUT2D eigenvalue weighted by Crippen LogP contribution is -2.29. The predicted molar refractivity (Wildman–Crippen MR) is 114 cm³/mol. The van der Waals surface area contributed by atoms with Gasteiger partial charge in [0.15, 0.2) is 5.69 Å². The molecule has 0 bridgehead atoms. The van der Waals surface area contributed by atoms with E-state index in [2.05, 4.69) is 10.4 Å². The van der Waals surface area contributed by atoms with Gasteiger partial charge in [-0.3, -0.25) is 4.79 Å². The first-order valence-electron chi connectivity index (χ1n) is 10.3. The molecular weight excluding hydrogens is 496 g/mol. The lowest BCUT2D eigenvalue weighted by atomic mass is 9.99. The summed E-state index contributed by atoms with van der Waals surface area (Å²) in [5, 5.41) is 14.7. The fourth-order valence-corrected chi connectivity index (χ4v) is 3.26. The summed E-state index contributed by atoms with van der Waals surface area (Å²) in [4.78, 5) is 23.8. The van der Waals surface area contributed by atoms with Gasteiger partial charge in [0.1, 0.15) is 11.3 Å². The quantitative estimate of drug-likeness (QED) is 0.407. The summed E-state index contributed by atoms with van der Waals surface area (Å²) >= 11 is 0. The van der Waals surface area contributed by atoms with Gasteiger partial charge in [-0.2, -0.15) is 31.4 Å². The highest BCUT2D eigenvalue weighted by molar-refractivity contribution is 5.98. The normalized spacial score (nSPS) is 12.8. The Bertz CT molecular complexity index is 1250. The number of benzene rings is 2. The molecule has 0 saturated heterocycles. The molecule has 36 heavy (non-hydrogen) atoms. The summed E-state index contributed by atoms with van der Waals surface area (Å²) in [7, 11) is 1.10. The van der Waals surface area contributed by atoms with Gasteiger partial charge in [-0.25, -0.2) is 9.48 Å². The van der Waals surface area contributed by atoms with Crippen LogP contribution >= 0.6 is 0 Å². The van der Waals surface area contributed by atoms with Crippen molar-refractivity contribution in [3.05, 3.63) is 76.5 Å². The Morgan fingerprint density at radius 2 is 1.58 bits per heavy atom. The molecule has 0 aliphatic rings. The molecule has 1 heterocycles. The lowest BCUT2D eigenvalue weighted by molar-refractivity contribution is -0.141.